The second-order valence-corrected chi connectivity index (χ2v) is 5.50. The molecule has 0 aliphatic heterocycles. The number of nitrogens with one attached hydrogen (secondary N) is 2. The third kappa shape index (κ3) is 6.37. The van der Waals surface area contributed by atoms with Crippen LogP contribution in [-0.4, -0.2) is 35.2 Å². The summed E-state index contributed by atoms with van der Waals surface area (Å²) in [6.45, 7) is 4.93. The van der Waals surface area contributed by atoms with E-state index in [9.17, 15) is 14.4 Å². The summed E-state index contributed by atoms with van der Waals surface area (Å²) in [5.74, 6) is -1.93. The SMILES string of the molecule is CC(C)[C@H](NC(=O)OCc1ccccc1)C(=O)N[C@H](C)C(=O)O. The molecule has 3 N–H and O–H groups in total. The smallest absolute Gasteiger partial charge is 0.408 e. The number of hydrogen-bond acceptors (Lipinski definition) is 4. The first-order valence-electron chi connectivity index (χ1n) is 7.31. The molecule has 1 aromatic carbocycles. The predicted molar refractivity (Wildman–Crippen MR) is 83.6 cm³/mol. The van der Waals surface area contributed by atoms with Crippen molar-refractivity contribution in [2.24, 2.45) is 5.92 Å². The van der Waals surface area contributed by atoms with Crippen molar-refractivity contribution < 1.29 is 24.2 Å². The quantitative estimate of drug-likeness (QED) is 0.706. The van der Waals surface area contributed by atoms with E-state index in [1.54, 1.807) is 13.8 Å². The summed E-state index contributed by atoms with van der Waals surface area (Å²) < 4.78 is 5.06. The van der Waals surface area contributed by atoms with Gasteiger partial charge in [-0.1, -0.05) is 44.2 Å². The van der Waals surface area contributed by atoms with E-state index in [2.05, 4.69) is 10.6 Å². The van der Waals surface area contributed by atoms with Crippen molar-refractivity contribution >= 4 is 18.0 Å². The van der Waals surface area contributed by atoms with Gasteiger partial charge in [-0.05, 0) is 18.4 Å². The average molecular weight is 322 g/mol. The van der Waals surface area contributed by atoms with Crippen LogP contribution in [0.4, 0.5) is 4.79 Å². The lowest BCUT2D eigenvalue weighted by molar-refractivity contribution is -0.141. The van der Waals surface area contributed by atoms with Gasteiger partial charge in [0, 0.05) is 0 Å². The van der Waals surface area contributed by atoms with E-state index < -0.39 is 30.1 Å². The molecule has 0 saturated heterocycles. The first-order valence-corrected chi connectivity index (χ1v) is 7.31. The normalized spacial score (nSPS) is 13.0. The van der Waals surface area contributed by atoms with Gasteiger partial charge in [0.2, 0.25) is 5.91 Å². The van der Waals surface area contributed by atoms with Crippen molar-refractivity contribution in [1.29, 1.82) is 0 Å². The summed E-state index contributed by atoms with van der Waals surface area (Å²) in [6, 6.07) is 7.23. The molecule has 0 fully saturated rings. The maximum atomic E-state index is 12.1. The minimum atomic E-state index is -1.15. The highest BCUT2D eigenvalue weighted by molar-refractivity contribution is 5.89. The molecule has 0 radical (unpaired) electrons. The summed E-state index contributed by atoms with van der Waals surface area (Å²) in [6.07, 6.45) is -0.731. The molecular formula is C16H22N2O5. The molecule has 1 aromatic rings. The highest BCUT2D eigenvalue weighted by Gasteiger charge is 2.27. The van der Waals surface area contributed by atoms with Crippen LogP contribution >= 0.6 is 0 Å². The molecule has 0 aliphatic rings. The molecule has 1 rings (SSSR count). The fraction of sp³-hybridized carbons (Fsp3) is 0.438. The van der Waals surface area contributed by atoms with Gasteiger partial charge in [0.05, 0.1) is 0 Å². The number of ether oxygens (including phenoxy) is 1. The predicted octanol–water partition coefficient (Wildman–Crippen LogP) is 1.53. The summed E-state index contributed by atoms with van der Waals surface area (Å²) >= 11 is 0. The molecule has 0 unspecified atom stereocenters. The summed E-state index contributed by atoms with van der Waals surface area (Å²) in [7, 11) is 0. The Morgan fingerprint density at radius 3 is 2.22 bits per heavy atom. The maximum Gasteiger partial charge on any atom is 0.408 e. The molecule has 2 atom stereocenters. The van der Waals surface area contributed by atoms with Gasteiger partial charge < -0.3 is 20.5 Å². The van der Waals surface area contributed by atoms with E-state index >= 15 is 0 Å². The topological polar surface area (TPSA) is 105 Å². The summed E-state index contributed by atoms with van der Waals surface area (Å²) in [5, 5.41) is 13.6. The van der Waals surface area contributed by atoms with Gasteiger partial charge in [-0.15, -0.1) is 0 Å². The molecule has 0 aromatic heterocycles. The summed E-state index contributed by atoms with van der Waals surface area (Å²) in [5.41, 5.74) is 0.827. The first-order chi connectivity index (χ1) is 10.8. The van der Waals surface area contributed by atoms with Gasteiger partial charge in [-0.3, -0.25) is 9.59 Å². The van der Waals surface area contributed by atoms with Gasteiger partial charge in [0.1, 0.15) is 18.7 Å². The zero-order chi connectivity index (χ0) is 17.4. The Morgan fingerprint density at radius 1 is 1.09 bits per heavy atom. The van der Waals surface area contributed by atoms with Crippen LogP contribution in [0.25, 0.3) is 0 Å². The van der Waals surface area contributed by atoms with Crippen LogP contribution in [-0.2, 0) is 20.9 Å². The van der Waals surface area contributed by atoms with Crippen molar-refractivity contribution in [2.45, 2.75) is 39.5 Å². The molecule has 126 valence electrons. The van der Waals surface area contributed by atoms with E-state index in [4.69, 9.17) is 9.84 Å². The number of carboxylic acids is 1. The number of hydrogen-bond donors (Lipinski definition) is 3. The Bertz CT molecular complexity index is 545. The fourth-order valence-electron chi connectivity index (χ4n) is 1.79. The van der Waals surface area contributed by atoms with Gasteiger partial charge in [-0.2, -0.15) is 0 Å². The Morgan fingerprint density at radius 2 is 1.70 bits per heavy atom. The lowest BCUT2D eigenvalue weighted by Gasteiger charge is -2.22. The van der Waals surface area contributed by atoms with Gasteiger partial charge in [-0.25, -0.2) is 4.79 Å². The molecule has 7 heteroatoms. The molecule has 7 nitrogen and oxygen atoms in total. The number of carboxylic acid groups (broad SMARTS) is 1. The number of benzene rings is 1. The van der Waals surface area contributed by atoms with Gasteiger partial charge >= 0.3 is 12.1 Å². The average Bonchev–Trinajstić information content (AvgIpc) is 2.51. The zero-order valence-electron chi connectivity index (χ0n) is 13.4. The van der Waals surface area contributed by atoms with E-state index in [0.717, 1.165) is 5.56 Å². The Balaban J connectivity index is 2.56. The first kappa shape index (κ1) is 18.5. The van der Waals surface area contributed by atoms with E-state index in [1.165, 1.54) is 6.92 Å². The largest absolute Gasteiger partial charge is 0.480 e. The van der Waals surface area contributed by atoms with Crippen LogP contribution in [0.5, 0.6) is 0 Å². The van der Waals surface area contributed by atoms with Crippen LogP contribution < -0.4 is 10.6 Å². The minimum Gasteiger partial charge on any atom is -0.480 e. The molecule has 0 bridgehead atoms. The minimum absolute atomic E-state index is 0.0879. The number of amides is 2. The number of aliphatic carboxylic acids is 1. The highest BCUT2D eigenvalue weighted by atomic mass is 16.5. The maximum absolute atomic E-state index is 12.1. The van der Waals surface area contributed by atoms with Crippen molar-refractivity contribution in [3.63, 3.8) is 0 Å². The molecule has 0 saturated carbocycles. The Labute approximate surface area is 135 Å². The number of carbonyl (C=O) groups is 3. The highest BCUT2D eigenvalue weighted by Crippen LogP contribution is 2.05. The molecular weight excluding hydrogens is 300 g/mol. The number of rotatable bonds is 7. The van der Waals surface area contributed by atoms with Crippen molar-refractivity contribution in [3.05, 3.63) is 35.9 Å². The molecule has 2 amide bonds. The van der Waals surface area contributed by atoms with Crippen LogP contribution in [0.15, 0.2) is 30.3 Å². The second kappa shape index (κ2) is 8.77. The van der Waals surface area contributed by atoms with Gasteiger partial charge in [0.25, 0.3) is 0 Å². The van der Waals surface area contributed by atoms with Crippen molar-refractivity contribution in [3.8, 4) is 0 Å². The van der Waals surface area contributed by atoms with E-state index in [-0.39, 0.29) is 12.5 Å². The zero-order valence-corrected chi connectivity index (χ0v) is 13.4. The van der Waals surface area contributed by atoms with Crippen LogP contribution in [0.3, 0.4) is 0 Å². The third-order valence-electron chi connectivity index (χ3n) is 3.16. The number of carbonyl (C=O) groups excluding carboxylic acids is 2. The molecule has 23 heavy (non-hydrogen) atoms. The third-order valence-corrected chi connectivity index (χ3v) is 3.16. The second-order valence-electron chi connectivity index (χ2n) is 5.50. The van der Waals surface area contributed by atoms with Crippen molar-refractivity contribution in [2.75, 3.05) is 0 Å². The molecule has 0 heterocycles. The van der Waals surface area contributed by atoms with Gasteiger partial charge in [0.15, 0.2) is 0 Å². The molecule has 0 aliphatic carbocycles. The van der Waals surface area contributed by atoms with Crippen LogP contribution in [0, 0.1) is 5.92 Å². The summed E-state index contributed by atoms with van der Waals surface area (Å²) in [4.78, 5) is 34.7. The lowest BCUT2D eigenvalue weighted by Crippen LogP contribution is -2.53. The van der Waals surface area contributed by atoms with Crippen LogP contribution in [0.2, 0.25) is 0 Å². The number of alkyl carbamates (subject to hydrolysis) is 1. The van der Waals surface area contributed by atoms with Crippen molar-refractivity contribution in [1.82, 2.24) is 10.6 Å². The van der Waals surface area contributed by atoms with E-state index in [0.29, 0.717) is 0 Å². The van der Waals surface area contributed by atoms with E-state index in [1.807, 2.05) is 30.3 Å². The lowest BCUT2D eigenvalue weighted by atomic mass is 10.0. The Hall–Kier alpha value is -2.57. The fourth-order valence-corrected chi connectivity index (χ4v) is 1.79. The molecule has 0 spiro atoms. The van der Waals surface area contributed by atoms with Crippen LogP contribution in [0.1, 0.15) is 26.3 Å². The Kier molecular flexibility index (Phi) is 7.05. The standard InChI is InChI=1S/C16H22N2O5/c1-10(2)13(14(19)17-11(3)15(20)21)18-16(22)23-9-12-7-5-4-6-8-12/h4-8,10-11,13H,9H2,1-3H3,(H,17,19)(H,18,22)(H,20,21)/t11-,13+/m1/s1. The monoisotopic (exact) mass is 322 g/mol.